The van der Waals surface area contributed by atoms with Crippen molar-refractivity contribution in [2.75, 3.05) is 20.8 Å². The van der Waals surface area contributed by atoms with Crippen LogP contribution in [-0.2, 0) is 14.3 Å². The highest BCUT2D eigenvalue weighted by molar-refractivity contribution is 5.68. The highest BCUT2D eigenvalue weighted by atomic mass is 16.5. The molecule has 0 rings (SSSR count). The molecule has 3 heteroatoms. The van der Waals surface area contributed by atoms with Crippen molar-refractivity contribution in [2.24, 2.45) is 0 Å². The molecule has 0 aliphatic rings. The van der Waals surface area contributed by atoms with Gasteiger partial charge < -0.3 is 9.47 Å². The Morgan fingerprint density at radius 1 is 1.14 bits per heavy atom. The summed E-state index contributed by atoms with van der Waals surface area (Å²) in [6.45, 7) is 0.683. The molecule has 0 aliphatic carbocycles. The molecular weight excluding hydrogens is 180 g/mol. The number of hydrogen-bond donors (Lipinski definition) is 0. The summed E-state index contributed by atoms with van der Waals surface area (Å²) in [5, 5.41) is 0. The van der Waals surface area contributed by atoms with E-state index in [1.807, 2.05) is 6.08 Å². The minimum Gasteiger partial charge on any atom is -0.469 e. The summed E-state index contributed by atoms with van der Waals surface area (Å²) >= 11 is 0. The van der Waals surface area contributed by atoms with Crippen LogP contribution in [0.3, 0.4) is 0 Å². The average Bonchev–Trinajstić information content (AvgIpc) is 2.21. The molecule has 0 aromatic rings. The van der Waals surface area contributed by atoms with E-state index in [1.165, 1.54) is 7.11 Å². The van der Waals surface area contributed by atoms with Crippen molar-refractivity contribution in [3.8, 4) is 0 Å². The Balaban J connectivity index is 3.10. The van der Waals surface area contributed by atoms with Crippen LogP contribution in [0.5, 0.6) is 0 Å². The van der Waals surface area contributed by atoms with Gasteiger partial charge in [0.15, 0.2) is 0 Å². The third-order valence-corrected chi connectivity index (χ3v) is 1.91. The van der Waals surface area contributed by atoms with E-state index in [4.69, 9.17) is 4.74 Å². The Labute approximate surface area is 86.1 Å². The molecule has 0 amide bonds. The largest absolute Gasteiger partial charge is 0.469 e. The van der Waals surface area contributed by atoms with E-state index in [1.54, 1.807) is 7.11 Å². The van der Waals surface area contributed by atoms with E-state index >= 15 is 0 Å². The quantitative estimate of drug-likeness (QED) is 0.342. The van der Waals surface area contributed by atoms with Crippen LogP contribution in [0.15, 0.2) is 12.2 Å². The van der Waals surface area contributed by atoms with E-state index in [-0.39, 0.29) is 5.97 Å². The number of carbonyl (C=O) groups is 1. The molecule has 14 heavy (non-hydrogen) atoms. The zero-order valence-electron chi connectivity index (χ0n) is 9.12. The molecule has 0 bridgehead atoms. The maximum atomic E-state index is 10.7. The van der Waals surface area contributed by atoms with Gasteiger partial charge in [0.1, 0.15) is 0 Å². The SMILES string of the molecule is COC/C=C/CCCCCC(=O)OC. The number of hydrogen-bond acceptors (Lipinski definition) is 3. The molecule has 3 nitrogen and oxygen atoms in total. The highest BCUT2D eigenvalue weighted by Crippen LogP contribution is 2.04. The van der Waals surface area contributed by atoms with Gasteiger partial charge in [0.05, 0.1) is 13.7 Å². The van der Waals surface area contributed by atoms with Gasteiger partial charge in [-0.15, -0.1) is 0 Å². The van der Waals surface area contributed by atoms with Gasteiger partial charge in [-0.1, -0.05) is 18.6 Å². The maximum absolute atomic E-state index is 10.7. The van der Waals surface area contributed by atoms with Crippen LogP contribution in [0.1, 0.15) is 32.1 Å². The molecule has 82 valence electrons. The van der Waals surface area contributed by atoms with Gasteiger partial charge in [-0.3, -0.25) is 4.79 Å². The van der Waals surface area contributed by atoms with Crippen LogP contribution < -0.4 is 0 Å². The van der Waals surface area contributed by atoms with E-state index < -0.39 is 0 Å². The lowest BCUT2D eigenvalue weighted by molar-refractivity contribution is -0.140. The number of ether oxygens (including phenoxy) is 2. The average molecular weight is 200 g/mol. The van der Waals surface area contributed by atoms with Crippen molar-refractivity contribution in [1.82, 2.24) is 0 Å². The summed E-state index contributed by atoms with van der Waals surface area (Å²) < 4.78 is 9.41. The molecule has 0 saturated carbocycles. The second-order valence-electron chi connectivity index (χ2n) is 3.10. The van der Waals surface area contributed by atoms with Gasteiger partial charge in [-0.05, 0) is 19.3 Å². The van der Waals surface area contributed by atoms with Crippen LogP contribution in [0.25, 0.3) is 0 Å². The molecule has 0 aromatic carbocycles. The fourth-order valence-electron chi connectivity index (χ4n) is 1.09. The molecule has 0 spiro atoms. The number of allylic oxidation sites excluding steroid dienone is 1. The third kappa shape index (κ3) is 9.26. The molecule has 0 radical (unpaired) electrons. The molecule has 0 atom stereocenters. The minimum absolute atomic E-state index is 0.111. The van der Waals surface area contributed by atoms with Gasteiger partial charge in [0, 0.05) is 13.5 Å². The van der Waals surface area contributed by atoms with E-state index in [0.29, 0.717) is 13.0 Å². The highest BCUT2D eigenvalue weighted by Gasteiger charge is 1.97. The first kappa shape index (κ1) is 13.2. The molecule has 0 fully saturated rings. The maximum Gasteiger partial charge on any atom is 0.305 e. The smallest absolute Gasteiger partial charge is 0.305 e. The van der Waals surface area contributed by atoms with Crippen molar-refractivity contribution in [1.29, 1.82) is 0 Å². The summed E-state index contributed by atoms with van der Waals surface area (Å²) in [7, 11) is 3.11. The van der Waals surface area contributed by atoms with Crippen molar-refractivity contribution < 1.29 is 14.3 Å². The van der Waals surface area contributed by atoms with Crippen LogP contribution in [0.4, 0.5) is 0 Å². The van der Waals surface area contributed by atoms with Crippen molar-refractivity contribution in [3.63, 3.8) is 0 Å². The zero-order chi connectivity index (χ0) is 10.6. The fourth-order valence-corrected chi connectivity index (χ4v) is 1.09. The normalized spacial score (nSPS) is 10.7. The zero-order valence-corrected chi connectivity index (χ0v) is 9.12. The second kappa shape index (κ2) is 10.3. The number of methoxy groups -OCH3 is 2. The summed E-state index contributed by atoms with van der Waals surface area (Å²) in [5.41, 5.74) is 0. The van der Waals surface area contributed by atoms with E-state index in [2.05, 4.69) is 10.8 Å². The van der Waals surface area contributed by atoms with Crippen molar-refractivity contribution in [3.05, 3.63) is 12.2 Å². The molecule has 0 aromatic heterocycles. The van der Waals surface area contributed by atoms with Gasteiger partial charge >= 0.3 is 5.97 Å². The lowest BCUT2D eigenvalue weighted by Gasteiger charge is -1.98. The monoisotopic (exact) mass is 200 g/mol. The number of carbonyl (C=O) groups excluding carboxylic acids is 1. The third-order valence-electron chi connectivity index (χ3n) is 1.91. The van der Waals surface area contributed by atoms with Gasteiger partial charge in [-0.2, -0.15) is 0 Å². The number of esters is 1. The van der Waals surface area contributed by atoms with Crippen molar-refractivity contribution >= 4 is 5.97 Å². The molecule has 0 heterocycles. The Hall–Kier alpha value is -0.830. The van der Waals surface area contributed by atoms with Gasteiger partial charge in [-0.25, -0.2) is 0 Å². The first-order valence-corrected chi connectivity index (χ1v) is 5.02. The minimum atomic E-state index is -0.111. The predicted molar refractivity (Wildman–Crippen MR) is 56.1 cm³/mol. The topological polar surface area (TPSA) is 35.5 Å². The van der Waals surface area contributed by atoms with Crippen LogP contribution in [0.2, 0.25) is 0 Å². The lowest BCUT2D eigenvalue weighted by Crippen LogP contribution is -1.98. The Morgan fingerprint density at radius 2 is 1.93 bits per heavy atom. The number of rotatable bonds is 8. The van der Waals surface area contributed by atoms with Crippen molar-refractivity contribution in [2.45, 2.75) is 32.1 Å². The fraction of sp³-hybridized carbons (Fsp3) is 0.727. The van der Waals surface area contributed by atoms with Crippen LogP contribution >= 0.6 is 0 Å². The first-order valence-electron chi connectivity index (χ1n) is 5.02. The molecular formula is C11H20O3. The molecule has 0 saturated heterocycles. The molecule has 0 aliphatic heterocycles. The summed E-state index contributed by atoms with van der Waals surface area (Å²) in [4.78, 5) is 10.7. The Bertz CT molecular complexity index is 164. The standard InChI is InChI=1S/C11H20O3/c1-13-10-8-6-4-3-5-7-9-11(12)14-2/h6,8H,3-5,7,9-10H2,1-2H3/b8-6+. The molecule has 0 unspecified atom stereocenters. The van der Waals surface area contributed by atoms with Crippen LogP contribution in [-0.4, -0.2) is 26.8 Å². The lowest BCUT2D eigenvalue weighted by atomic mass is 10.1. The van der Waals surface area contributed by atoms with Crippen LogP contribution in [0, 0.1) is 0 Å². The number of unbranched alkanes of at least 4 members (excludes halogenated alkanes) is 3. The predicted octanol–water partition coefficient (Wildman–Crippen LogP) is 2.31. The second-order valence-corrected chi connectivity index (χ2v) is 3.10. The summed E-state index contributed by atoms with van der Waals surface area (Å²) in [5.74, 6) is -0.111. The van der Waals surface area contributed by atoms with Gasteiger partial charge in [0.25, 0.3) is 0 Å². The van der Waals surface area contributed by atoms with E-state index in [0.717, 1.165) is 25.7 Å². The summed E-state index contributed by atoms with van der Waals surface area (Å²) in [6.07, 6.45) is 8.85. The Morgan fingerprint density at radius 3 is 2.57 bits per heavy atom. The van der Waals surface area contributed by atoms with E-state index in [9.17, 15) is 4.79 Å². The van der Waals surface area contributed by atoms with Gasteiger partial charge in [0.2, 0.25) is 0 Å². The summed E-state index contributed by atoms with van der Waals surface area (Å²) in [6, 6.07) is 0. The Kier molecular flexibility index (Phi) is 9.64. The first-order chi connectivity index (χ1) is 6.81. The molecule has 0 N–H and O–H groups in total.